The lowest BCUT2D eigenvalue weighted by Gasteiger charge is -2.16. The Bertz CT molecular complexity index is 336. The van der Waals surface area contributed by atoms with Crippen LogP contribution in [0.2, 0.25) is 0 Å². The number of nitrogens with zero attached hydrogens (tertiary/aromatic N) is 2. The Morgan fingerprint density at radius 1 is 1.29 bits per heavy atom. The molecule has 0 saturated heterocycles. The molecular formula is C11H15BrN2. The van der Waals surface area contributed by atoms with Gasteiger partial charge in [0.25, 0.3) is 0 Å². The number of fused-ring (bicyclic) bond motifs is 1. The van der Waals surface area contributed by atoms with E-state index in [0.29, 0.717) is 10.7 Å². The molecule has 0 aromatic carbocycles. The summed E-state index contributed by atoms with van der Waals surface area (Å²) in [5.41, 5.74) is 3.93. The van der Waals surface area contributed by atoms with Gasteiger partial charge < -0.3 is 0 Å². The van der Waals surface area contributed by atoms with E-state index in [2.05, 4.69) is 39.7 Å². The van der Waals surface area contributed by atoms with Gasteiger partial charge in [-0.1, -0.05) is 29.8 Å². The van der Waals surface area contributed by atoms with Crippen LogP contribution in [0.25, 0.3) is 0 Å². The molecule has 14 heavy (non-hydrogen) atoms. The normalized spacial score (nSPS) is 19.1. The number of aromatic nitrogens is 2. The van der Waals surface area contributed by atoms with E-state index < -0.39 is 0 Å². The zero-order valence-electron chi connectivity index (χ0n) is 8.63. The minimum atomic E-state index is 0.474. The number of hydrogen-bond acceptors (Lipinski definition) is 2. The maximum Gasteiger partial charge on any atom is 0.115 e. The van der Waals surface area contributed by atoms with Crippen LogP contribution < -0.4 is 0 Å². The fraction of sp³-hybridized carbons (Fsp3) is 0.636. The molecule has 2 unspecified atom stereocenters. The Kier molecular flexibility index (Phi) is 2.86. The fourth-order valence-corrected chi connectivity index (χ4v) is 2.25. The molecule has 2 nitrogen and oxygen atoms in total. The first-order valence-corrected chi connectivity index (χ1v) is 6.08. The molecule has 1 aromatic rings. The molecule has 0 aliphatic heterocycles. The van der Waals surface area contributed by atoms with Crippen molar-refractivity contribution in [3.8, 4) is 0 Å². The molecule has 2 atom stereocenters. The minimum absolute atomic E-state index is 0.474. The van der Waals surface area contributed by atoms with Crippen LogP contribution in [0.4, 0.5) is 0 Å². The van der Waals surface area contributed by atoms with Crippen molar-refractivity contribution in [3.05, 3.63) is 23.3 Å². The number of hydrogen-bond donors (Lipinski definition) is 0. The maximum absolute atomic E-state index is 4.43. The summed E-state index contributed by atoms with van der Waals surface area (Å²) in [6.07, 6.45) is 5.25. The van der Waals surface area contributed by atoms with E-state index >= 15 is 0 Å². The zero-order chi connectivity index (χ0) is 10.1. The number of alkyl halides is 1. The van der Waals surface area contributed by atoms with Crippen molar-refractivity contribution in [2.75, 3.05) is 0 Å². The predicted molar refractivity (Wildman–Crippen MR) is 60.9 cm³/mol. The molecule has 0 amide bonds. The molecule has 2 rings (SSSR count). The first-order valence-electron chi connectivity index (χ1n) is 5.17. The van der Waals surface area contributed by atoms with Crippen LogP contribution in [0.15, 0.2) is 6.33 Å². The standard InChI is InChI=1S/C11H15BrN2/c1-7(8(2)12)11-9-4-3-5-10(9)13-6-14-11/h6-8H,3-5H2,1-2H3. The van der Waals surface area contributed by atoms with E-state index in [1.807, 2.05) is 0 Å². The first-order chi connectivity index (χ1) is 6.70. The minimum Gasteiger partial charge on any atom is -0.241 e. The third-order valence-corrected chi connectivity index (χ3v) is 3.82. The molecule has 0 N–H and O–H groups in total. The monoisotopic (exact) mass is 254 g/mol. The third-order valence-electron chi connectivity index (χ3n) is 3.03. The van der Waals surface area contributed by atoms with Gasteiger partial charge in [0.15, 0.2) is 0 Å². The average molecular weight is 255 g/mol. The Balaban J connectivity index is 2.39. The summed E-state index contributed by atoms with van der Waals surface area (Å²) in [5, 5.41) is 0. The molecular weight excluding hydrogens is 240 g/mol. The summed E-state index contributed by atoms with van der Waals surface area (Å²) in [6, 6.07) is 0. The van der Waals surface area contributed by atoms with Crippen LogP contribution in [0, 0.1) is 0 Å². The molecule has 0 saturated carbocycles. The summed E-state index contributed by atoms with van der Waals surface area (Å²) >= 11 is 3.62. The molecule has 76 valence electrons. The van der Waals surface area contributed by atoms with Gasteiger partial charge in [-0.2, -0.15) is 0 Å². The van der Waals surface area contributed by atoms with Crippen LogP contribution in [-0.4, -0.2) is 14.8 Å². The highest BCUT2D eigenvalue weighted by atomic mass is 79.9. The van der Waals surface area contributed by atoms with Gasteiger partial charge in [-0.25, -0.2) is 9.97 Å². The largest absolute Gasteiger partial charge is 0.241 e. The quantitative estimate of drug-likeness (QED) is 0.759. The van der Waals surface area contributed by atoms with E-state index in [1.165, 1.54) is 23.4 Å². The van der Waals surface area contributed by atoms with Crippen molar-refractivity contribution in [2.24, 2.45) is 0 Å². The van der Waals surface area contributed by atoms with Gasteiger partial charge in [-0.3, -0.25) is 0 Å². The van der Waals surface area contributed by atoms with Crippen LogP contribution in [0.5, 0.6) is 0 Å². The Morgan fingerprint density at radius 2 is 2.07 bits per heavy atom. The van der Waals surface area contributed by atoms with Crippen molar-refractivity contribution >= 4 is 15.9 Å². The highest BCUT2D eigenvalue weighted by Gasteiger charge is 2.22. The number of halogens is 1. The molecule has 1 aliphatic carbocycles. The van der Waals surface area contributed by atoms with E-state index in [9.17, 15) is 0 Å². The second-order valence-electron chi connectivity index (χ2n) is 4.00. The van der Waals surface area contributed by atoms with Gasteiger partial charge in [0, 0.05) is 16.4 Å². The van der Waals surface area contributed by atoms with Gasteiger partial charge >= 0.3 is 0 Å². The maximum atomic E-state index is 4.43. The van der Waals surface area contributed by atoms with Crippen LogP contribution >= 0.6 is 15.9 Å². The molecule has 0 radical (unpaired) electrons. The van der Waals surface area contributed by atoms with Crippen molar-refractivity contribution in [2.45, 2.75) is 43.9 Å². The Labute approximate surface area is 93.3 Å². The summed E-state index contributed by atoms with van der Waals surface area (Å²) in [7, 11) is 0. The molecule has 0 fully saturated rings. The van der Waals surface area contributed by atoms with Gasteiger partial charge in [0.2, 0.25) is 0 Å². The SMILES string of the molecule is CC(Br)C(C)c1ncnc2c1CCC2. The van der Waals surface area contributed by atoms with Crippen molar-refractivity contribution in [3.63, 3.8) is 0 Å². The number of rotatable bonds is 2. The second kappa shape index (κ2) is 3.97. The lowest BCUT2D eigenvalue weighted by atomic mass is 9.99. The van der Waals surface area contributed by atoms with E-state index in [1.54, 1.807) is 6.33 Å². The van der Waals surface area contributed by atoms with Crippen molar-refractivity contribution in [1.82, 2.24) is 9.97 Å². The zero-order valence-corrected chi connectivity index (χ0v) is 10.2. The summed E-state index contributed by atoms with van der Waals surface area (Å²) in [5.74, 6) is 0.477. The van der Waals surface area contributed by atoms with E-state index in [0.717, 1.165) is 12.8 Å². The smallest absolute Gasteiger partial charge is 0.115 e. The highest BCUT2D eigenvalue weighted by Crippen LogP contribution is 2.30. The van der Waals surface area contributed by atoms with Gasteiger partial charge in [0.1, 0.15) is 6.33 Å². The van der Waals surface area contributed by atoms with Gasteiger partial charge in [-0.05, 0) is 24.8 Å². The third kappa shape index (κ3) is 1.70. The topological polar surface area (TPSA) is 25.8 Å². The molecule has 1 aliphatic rings. The van der Waals surface area contributed by atoms with Gasteiger partial charge in [-0.15, -0.1) is 0 Å². The average Bonchev–Trinajstić information content (AvgIpc) is 2.63. The fourth-order valence-electron chi connectivity index (χ4n) is 1.99. The molecule has 0 spiro atoms. The van der Waals surface area contributed by atoms with Crippen LogP contribution in [0.3, 0.4) is 0 Å². The van der Waals surface area contributed by atoms with Crippen LogP contribution in [-0.2, 0) is 12.8 Å². The highest BCUT2D eigenvalue weighted by molar-refractivity contribution is 9.09. The van der Waals surface area contributed by atoms with Crippen molar-refractivity contribution < 1.29 is 0 Å². The Morgan fingerprint density at radius 3 is 2.79 bits per heavy atom. The predicted octanol–water partition coefficient (Wildman–Crippen LogP) is 2.85. The van der Waals surface area contributed by atoms with E-state index in [-0.39, 0.29) is 0 Å². The Hall–Kier alpha value is -0.440. The summed E-state index contributed by atoms with van der Waals surface area (Å²) in [6.45, 7) is 4.40. The molecule has 1 heterocycles. The molecule has 0 bridgehead atoms. The van der Waals surface area contributed by atoms with Gasteiger partial charge in [0.05, 0.1) is 5.69 Å². The second-order valence-corrected chi connectivity index (χ2v) is 5.45. The first kappa shape index (κ1) is 10.1. The van der Waals surface area contributed by atoms with E-state index in [4.69, 9.17) is 0 Å². The molecule has 1 aromatic heterocycles. The number of aryl methyl sites for hydroxylation is 1. The summed E-state index contributed by atoms with van der Waals surface area (Å²) in [4.78, 5) is 9.24. The lowest BCUT2D eigenvalue weighted by Crippen LogP contribution is -2.10. The van der Waals surface area contributed by atoms with Crippen molar-refractivity contribution in [1.29, 1.82) is 0 Å². The van der Waals surface area contributed by atoms with Crippen LogP contribution in [0.1, 0.15) is 43.1 Å². The lowest BCUT2D eigenvalue weighted by molar-refractivity contribution is 0.715. The molecule has 3 heteroatoms. The summed E-state index contributed by atoms with van der Waals surface area (Å²) < 4.78 is 0.